The maximum absolute atomic E-state index is 13.2. The molecule has 10 heteroatoms. The Morgan fingerprint density at radius 3 is 2.88 bits per heavy atom. The van der Waals surface area contributed by atoms with Gasteiger partial charge in [0.05, 0.1) is 23.3 Å². The van der Waals surface area contributed by atoms with Gasteiger partial charge in [0.2, 0.25) is 6.29 Å². The van der Waals surface area contributed by atoms with E-state index in [1.807, 2.05) is 0 Å². The van der Waals surface area contributed by atoms with Crippen molar-refractivity contribution in [2.45, 2.75) is 35.4 Å². The largest absolute Gasteiger partial charge is 0.433 e. The molecule has 2 aromatic heterocycles. The summed E-state index contributed by atoms with van der Waals surface area (Å²) in [6.07, 6.45) is -5.61. The summed E-state index contributed by atoms with van der Waals surface area (Å²) in [4.78, 5) is 20.4. The van der Waals surface area contributed by atoms with E-state index in [1.54, 1.807) is 17.5 Å². The van der Waals surface area contributed by atoms with Gasteiger partial charge in [-0.25, -0.2) is 9.97 Å². The molecule has 0 aliphatic carbocycles. The average molecular weight is 388 g/mol. The van der Waals surface area contributed by atoms with Crippen LogP contribution in [-0.2, 0) is 20.4 Å². The molecule has 4 heterocycles. The fraction of sp³-hybridized carbons (Fsp3) is 0.400. The standard InChI is InChI=1S/C15H11F3N2O3S2/c16-15(17,18)12-4-7(10-2-1-3-24-10)19-14(20-12)25-11-5-8(21)13-22-6-9(11)23-13/h1-4,9,11,13H,5-6H2/t9-,11+,13-/m0/s1. The van der Waals surface area contributed by atoms with Gasteiger partial charge in [-0.1, -0.05) is 17.8 Å². The summed E-state index contributed by atoms with van der Waals surface area (Å²) in [5, 5.41) is 1.37. The van der Waals surface area contributed by atoms with Crippen molar-refractivity contribution in [3.8, 4) is 10.6 Å². The van der Waals surface area contributed by atoms with Gasteiger partial charge in [-0.3, -0.25) is 4.79 Å². The predicted molar refractivity (Wildman–Crippen MR) is 84.2 cm³/mol. The Bertz CT molecular complexity index is 798. The van der Waals surface area contributed by atoms with Gasteiger partial charge in [0.1, 0.15) is 5.69 Å². The molecule has 132 valence electrons. The van der Waals surface area contributed by atoms with Gasteiger partial charge in [0.15, 0.2) is 10.9 Å². The Morgan fingerprint density at radius 1 is 1.32 bits per heavy atom. The van der Waals surface area contributed by atoms with Crippen LogP contribution in [0.3, 0.4) is 0 Å². The second-order valence-corrected chi connectivity index (χ2v) is 7.72. The van der Waals surface area contributed by atoms with Crippen molar-refractivity contribution in [3.05, 3.63) is 29.3 Å². The van der Waals surface area contributed by atoms with Crippen LogP contribution in [0.15, 0.2) is 28.7 Å². The maximum atomic E-state index is 13.2. The lowest BCUT2D eigenvalue weighted by Gasteiger charge is -2.25. The maximum Gasteiger partial charge on any atom is 0.433 e. The molecule has 0 amide bonds. The van der Waals surface area contributed by atoms with E-state index >= 15 is 0 Å². The van der Waals surface area contributed by atoms with Gasteiger partial charge < -0.3 is 9.47 Å². The minimum Gasteiger partial charge on any atom is -0.343 e. The smallest absolute Gasteiger partial charge is 0.343 e. The van der Waals surface area contributed by atoms with Crippen LogP contribution < -0.4 is 0 Å². The number of Topliss-reactive ketones (excluding diaryl/α,β-unsaturated/α-hetero) is 1. The Labute approximate surface area is 148 Å². The summed E-state index contributed by atoms with van der Waals surface area (Å²) in [5.41, 5.74) is -0.791. The monoisotopic (exact) mass is 388 g/mol. The Hall–Kier alpha value is -1.49. The zero-order valence-corrected chi connectivity index (χ0v) is 14.2. The number of fused-ring (bicyclic) bond motifs is 2. The molecule has 0 unspecified atom stereocenters. The normalized spacial score (nSPS) is 26.2. The molecule has 2 aromatic rings. The lowest BCUT2D eigenvalue weighted by molar-refractivity contribution is -0.151. The van der Waals surface area contributed by atoms with Crippen molar-refractivity contribution in [2.75, 3.05) is 6.61 Å². The molecule has 0 N–H and O–H groups in total. The lowest BCUT2D eigenvalue weighted by Crippen LogP contribution is -2.37. The number of carbonyl (C=O) groups excluding carboxylic acids is 1. The summed E-state index contributed by atoms with van der Waals surface area (Å²) in [5.74, 6) is -0.211. The van der Waals surface area contributed by atoms with Crippen LogP contribution in [0.25, 0.3) is 10.6 Å². The molecule has 2 aliphatic heterocycles. The van der Waals surface area contributed by atoms with E-state index in [-0.39, 0.29) is 41.0 Å². The number of ketones is 1. The van der Waals surface area contributed by atoms with E-state index in [2.05, 4.69) is 9.97 Å². The van der Waals surface area contributed by atoms with Crippen molar-refractivity contribution in [1.29, 1.82) is 0 Å². The first kappa shape index (κ1) is 17.0. The van der Waals surface area contributed by atoms with Gasteiger partial charge in [-0.2, -0.15) is 13.2 Å². The number of hydrogen-bond donors (Lipinski definition) is 0. The van der Waals surface area contributed by atoms with Gasteiger partial charge in [-0.15, -0.1) is 11.3 Å². The number of halogens is 3. The zero-order chi connectivity index (χ0) is 17.6. The molecule has 0 saturated carbocycles. The van der Waals surface area contributed by atoms with Crippen LogP contribution in [0.4, 0.5) is 13.2 Å². The molecule has 25 heavy (non-hydrogen) atoms. The number of thiophene rings is 1. The minimum absolute atomic E-state index is 0.0232. The molecule has 2 aliphatic rings. The first-order valence-electron chi connectivity index (χ1n) is 7.37. The third kappa shape index (κ3) is 3.43. The number of aromatic nitrogens is 2. The van der Waals surface area contributed by atoms with Gasteiger partial charge >= 0.3 is 6.18 Å². The fourth-order valence-electron chi connectivity index (χ4n) is 2.64. The van der Waals surface area contributed by atoms with Crippen LogP contribution >= 0.6 is 23.1 Å². The molecule has 3 atom stereocenters. The Morgan fingerprint density at radius 2 is 2.16 bits per heavy atom. The summed E-state index contributed by atoms with van der Waals surface area (Å²) >= 11 is 2.32. The third-order valence-electron chi connectivity index (χ3n) is 3.82. The van der Waals surface area contributed by atoms with E-state index in [1.165, 1.54) is 11.3 Å². The van der Waals surface area contributed by atoms with Crippen LogP contribution in [0.5, 0.6) is 0 Å². The van der Waals surface area contributed by atoms with Crippen LogP contribution in [0.1, 0.15) is 12.1 Å². The molecule has 0 radical (unpaired) electrons. The first-order valence-corrected chi connectivity index (χ1v) is 9.12. The molecule has 0 aromatic carbocycles. The Kier molecular flexibility index (Phi) is 4.30. The number of rotatable bonds is 3. The zero-order valence-electron chi connectivity index (χ0n) is 12.5. The summed E-state index contributed by atoms with van der Waals surface area (Å²) in [6.45, 7) is 0.241. The summed E-state index contributed by atoms with van der Waals surface area (Å²) in [7, 11) is 0. The van der Waals surface area contributed by atoms with Gasteiger partial charge in [0, 0.05) is 11.7 Å². The number of carbonyl (C=O) groups is 1. The molecule has 2 bridgehead atoms. The molecular formula is C15H11F3N2O3S2. The van der Waals surface area contributed by atoms with E-state index in [0.717, 1.165) is 17.8 Å². The molecule has 5 nitrogen and oxygen atoms in total. The lowest BCUT2D eigenvalue weighted by atomic mass is 10.1. The molecule has 4 rings (SSSR count). The average Bonchev–Trinajstić information content (AvgIpc) is 3.23. The molecule has 0 spiro atoms. The van der Waals surface area contributed by atoms with Crippen molar-refractivity contribution in [1.82, 2.24) is 9.97 Å². The van der Waals surface area contributed by atoms with E-state index in [9.17, 15) is 18.0 Å². The third-order valence-corrected chi connectivity index (χ3v) is 5.88. The van der Waals surface area contributed by atoms with E-state index in [0.29, 0.717) is 4.88 Å². The van der Waals surface area contributed by atoms with Crippen LogP contribution in [0, 0.1) is 0 Å². The number of ether oxygens (including phenoxy) is 2. The van der Waals surface area contributed by atoms with Crippen LogP contribution in [0.2, 0.25) is 0 Å². The number of hydrogen-bond acceptors (Lipinski definition) is 7. The topological polar surface area (TPSA) is 61.3 Å². The van der Waals surface area contributed by atoms with Crippen molar-refractivity contribution < 1.29 is 27.4 Å². The summed E-state index contributed by atoms with van der Waals surface area (Å²) in [6, 6.07) is 4.38. The van der Waals surface area contributed by atoms with E-state index in [4.69, 9.17) is 9.47 Å². The number of thioether (sulfide) groups is 1. The van der Waals surface area contributed by atoms with Crippen molar-refractivity contribution >= 4 is 28.9 Å². The highest BCUT2D eigenvalue weighted by Crippen LogP contribution is 2.38. The molecule has 2 saturated heterocycles. The molecular weight excluding hydrogens is 377 g/mol. The quantitative estimate of drug-likeness (QED) is 0.751. The van der Waals surface area contributed by atoms with Gasteiger partial charge in [0.25, 0.3) is 0 Å². The molecule has 2 fully saturated rings. The Balaban J connectivity index is 1.66. The number of nitrogens with zero attached hydrogens (tertiary/aromatic N) is 2. The second-order valence-electron chi connectivity index (χ2n) is 5.56. The number of alkyl halides is 3. The predicted octanol–water partition coefficient (Wildman–Crippen LogP) is 3.40. The van der Waals surface area contributed by atoms with E-state index < -0.39 is 18.2 Å². The van der Waals surface area contributed by atoms with Gasteiger partial charge in [-0.05, 0) is 17.5 Å². The van der Waals surface area contributed by atoms with Crippen LogP contribution in [-0.4, -0.2) is 40.0 Å². The summed E-state index contributed by atoms with van der Waals surface area (Å²) < 4.78 is 50.2. The highest BCUT2D eigenvalue weighted by Gasteiger charge is 2.44. The first-order chi connectivity index (χ1) is 11.9. The SMILES string of the molecule is O=C1C[C@@H](Sc2nc(-c3cccs3)cc(C(F)(F)F)n2)[C@@H]2CO[C@H]1O2. The highest BCUT2D eigenvalue weighted by molar-refractivity contribution is 7.99. The fourth-order valence-corrected chi connectivity index (χ4v) is 4.44. The second kappa shape index (κ2) is 6.35. The van der Waals surface area contributed by atoms with Crippen molar-refractivity contribution in [3.63, 3.8) is 0 Å². The van der Waals surface area contributed by atoms with Crippen molar-refractivity contribution in [2.24, 2.45) is 0 Å². The highest BCUT2D eigenvalue weighted by atomic mass is 32.2. The minimum atomic E-state index is -4.58.